The van der Waals surface area contributed by atoms with Gasteiger partial charge in [0.05, 0.1) is 12.4 Å². The number of thiocarbonyl (C=S) groups is 1. The fourth-order valence-electron chi connectivity index (χ4n) is 3.30. The number of hydrogen-bond acceptors (Lipinski definition) is 4. The summed E-state index contributed by atoms with van der Waals surface area (Å²) in [5.41, 5.74) is -0.000174. The van der Waals surface area contributed by atoms with Crippen LogP contribution in [0.3, 0.4) is 0 Å². The van der Waals surface area contributed by atoms with Crippen LogP contribution < -0.4 is 0 Å². The van der Waals surface area contributed by atoms with Crippen molar-refractivity contribution in [1.29, 1.82) is 0 Å². The van der Waals surface area contributed by atoms with Gasteiger partial charge in [-0.1, -0.05) is 30.3 Å². The highest BCUT2D eigenvalue weighted by atomic mass is 32.1. The second kappa shape index (κ2) is 7.30. The second-order valence-corrected chi connectivity index (χ2v) is 6.54. The summed E-state index contributed by atoms with van der Waals surface area (Å²) in [6, 6.07) is 9.29. The van der Waals surface area contributed by atoms with Gasteiger partial charge >= 0.3 is 5.97 Å². The van der Waals surface area contributed by atoms with Crippen molar-refractivity contribution in [3.63, 3.8) is 0 Å². The maximum atomic E-state index is 14.2. The Kier molecular flexibility index (Phi) is 5.11. The molecule has 1 atom stereocenters. The van der Waals surface area contributed by atoms with E-state index >= 15 is 0 Å². The summed E-state index contributed by atoms with van der Waals surface area (Å²) in [7, 11) is 0. The van der Waals surface area contributed by atoms with E-state index in [0.717, 1.165) is 18.4 Å². The molecule has 25 heavy (non-hydrogen) atoms. The highest BCUT2D eigenvalue weighted by Gasteiger charge is 2.37. The van der Waals surface area contributed by atoms with E-state index in [4.69, 9.17) is 17.0 Å². The lowest BCUT2D eigenvalue weighted by Gasteiger charge is -2.25. The lowest BCUT2D eigenvalue weighted by molar-refractivity contribution is 0.00529. The molecule has 0 N–H and O–H groups in total. The molecule has 1 heterocycles. The van der Waals surface area contributed by atoms with E-state index in [9.17, 15) is 9.18 Å². The predicted octanol–water partition coefficient (Wildman–Crippen LogP) is 4.26. The Bertz CT molecular complexity index is 806. The van der Waals surface area contributed by atoms with E-state index in [2.05, 4.69) is 10.0 Å². The zero-order valence-electron chi connectivity index (χ0n) is 13.9. The summed E-state index contributed by atoms with van der Waals surface area (Å²) in [5.74, 6) is -1.55. The number of imidazole rings is 1. The Balaban J connectivity index is 1.91. The van der Waals surface area contributed by atoms with Crippen LogP contribution in [0, 0.1) is 5.95 Å². The van der Waals surface area contributed by atoms with Crippen molar-refractivity contribution < 1.29 is 13.9 Å². The number of aromatic nitrogens is 2. The third-order valence-electron chi connectivity index (χ3n) is 4.71. The number of esters is 1. The molecular formula is C19H19FN2O2S. The first-order chi connectivity index (χ1) is 12.1. The Morgan fingerprint density at radius 3 is 2.72 bits per heavy atom. The van der Waals surface area contributed by atoms with Crippen LogP contribution in [0.5, 0.6) is 0 Å². The summed E-state index contributed by atoms with van der Waals surface area (Å²) >= 11 is 4.78. The molecule has 0 bridgehead atoms. The minimum atomic E-state index is -0.827. The Morgan fingerprint density at radius 1 is 1.40 bits per heavy atom. The first-order valence-electron chi connectivity index (χ1n) is 8.29. The molecule has 4 nitrogen and oxygen atoms in total. The first kappa shape index (κ1) is 17.5. The number of benzene rings is 1. The molecule has 1 aliphatic rings. The highest BCUT2D eigenvalue weighted by Crippen LogP contribution is 2.35. The Labute approximate surface area is 151 Å². The van der Waals surface area contributed by atoms with Crippen LogP contribution in [0.1, 0.15) is 54.7 Å². The van der Waals surface area contributed by atoms with E-state index < -0.39 is 17.5 Å². The van der Waals surface area contributed by atoms with Crippen molar-refractivity contribution in [2.75, 3.05) is 0 Å². The van der Waals surface area contributed by atoms with Gasteiger partial charge in [0.25, 0.3) is 0 Å². The molecule has 0 spiro atoms. The molecule has 1 aromatic heterocycles. The average Bonchev–Trinajstić information content (AvgIpc) is 3.22. The van der Waals surface area contributed by atoms with Gasteiger partial charge in [0.2, 0.25) is 5.95 Å². The zero-order valence-corrected chi connectivity index (χ0v) is 14.8. The number of rotatable bonds is 5. The Morgan fingerprint density at radius 2 is 2.08 bits per heavy atom. The van der Waals surface area contributed by atoms with Crippen molar-refractivity contribution >= 4 is 23.2 Å². The number of hydrogen-bond donors (Lipinski definition) is 0. The van der Waals surface area contributed by atoms with E-state index in [1.807, 2.05) is 37.3 Å². The summed E-state index contributed by atoms with van der Waals surface area (Å²) in [4.78, 5) is 16.4. The van der Waals surface area contributed by atoms with Crippen LogP contribution in [-0.4, -0.2) is 26.1 Å². The van der Waals surface area contributed by atoms with Gasteiger partial charge in [-0.3, -0.25) is 0 Å². The molecule has 130 valence electrons. The topological polar surface area (TPSA) is 44.1 Å². The van der Waals surface area contributed by atoms with Gasteiger partial charge in [0.1, 0.15) is 5.60 Å². The summed E-state index contributed by atoms with van der Waals surface area (Å²) in [6.07, 6.45) is 6.15. The fraction of sp³-hybridized carbons (Fsp3) is 0.368. The molecule has 2 aromatic rings. The van der Waals surface area contributed by atoms with Crippen LogP contribution >= 0.6 is 12.2 Å². The van der Waals surface area contributed by atoms with Gasteiger partial charge in [-0.05, 0) is 55.4 Å². The normalized spacial score (nSPS) is 16.9. The quantitative estimate of drug-likeness (QED) is 0.592. The van der Waals surface area contributed by atoms with E-state index in [1.165, 1.54) is 10.9 Å². The third-order valence-corrected chi connectivity index (χ3v) is 4.83. The molecule has 6 heteroatoms. The molecule has 3 rings (SSSR count). The van der Waals surface area contributed by atoms with E-state index in [0.29, 0.717) is 12.8 Å². The fourth-order valence-corrected chi connectivity index (χ4v) is 3.52. The number of carbonyl (C=O) groups is 1. The molecule has 0 aliphatic heterocycles. The molecule has 1 aliphatic carbocycles. The second-order valence-electron chi connectivity index (χ2n) is 6.30. The van der Waals surface area contributed by atoms with Gasteiger partial charge in [-0.15, -0.1) is 0 Å². The minimum Gasteiger partial charge on any atom is -0.449 e. The monoisotopic (exact) mass is 358 g/mol. The molecule has 1 saturated carbocycles. The van der Waals surface area contributed by atoms with Crippen molar-refractivity contribution in [3.05, 3.63) is 59.9 Å². The van der Waals surface area contributed by atoms with Crippen molar-refractivity contribution in [1.82, 2.24) is 9.55 Å². The molecule has 0 unspecified atom stereocenters. The van der Waals surface area contributed by atoms with Gasteiger partial charge in [-0.2, -0.15) is 4.39 Å². The smallest absolute Gasteiger partial charge is 0.360 e. The van der Waals surface area contributed by atoms with Crippen LogP contribution in [-0.2, 0) is 4.74 Å². The van der Waals surface area contributed by atoms with Crippen LogP contribution in [0.25, 0.3) is 0 Å². The molecule has 0 amide bonds. The molecule has 0 saturated heterocycles. The summed E-state index contributed by atoms with van der Waals surface area (Å²) in [6.45, 7) is 1.88. The zero-order chi connectivity index (χ0) is 17.9. The van der Waals surface area contributed by atoms with Crippen LogP contribution in [0.15, 0.2) is 42.7 Å². The number of halogens is 1. The van der Waals surface area contributed by atoms with Crippen molar-refractivity contribution in [2.24, 2.45) is 0 Å². The maximum Gasteiger partial charge on any atom is 0.360 e. The maximum absolute atomic E-state index is 14.2. The third kappa shape index (κ3) is 3.55. The van der Waals surface area contributed by atoms with Crippen LogP contribution in [0.4, 0.5) is 4.39 Å². The standard InChI is InChI=1S/C19H19FN2O2S/c1-14(15-7-3-2-4-8-15)22-13-21-17(20)16(22)18(23)24-19(11-12-25)9-5-6-10-19/h2-4,7-8,11,13-14H,5-6,9-10H2,1H3/t14-/m1/s1. The Hall–Kier alpha value is -2.30. The predicted molar refractivity (Wildman–Crippen MR) is 96.2 cm³/mol. The average molecular weight is 358 g/mol. The van der Waals surface area contributed by atoms with Gasteiger partial charge in [0.15, 0.2) is 5.69 Å². The van der Waals surface area contributed by atoms with Gasteiger partial charge in [-0.25, -0.2) is 9.78 Å². The molecule has 0 radical (unpaired) electrons. The van der Waals surface area contributed by atoms with E-state index in [-0.39, 0.29) is 11.7 Å². The van der Waals surface area contributed by atoms with Crippen LogP contribution in [0.2, 0.25) is 0 Å². The SMILES string of the molecule is C[C@H](c1ccccc1)n1cnc(F)c1C(=O)OC1(C=C=S)CCCC1. The molecule has 1 fully saturated rings. The van der Waals surface area contributed by atoms with Crippen molar-refractivity contribution in [3.8, 4) is 0 Å². The largest absolute Gasteiger partial charge is 0.449 e. The molecular weight excluding hydrogens is 339 g/mol. The number of ether oxygens (including phenoxy) is 1. The highest BCUT2D eigenvalue weighted by molar-refractivity contribution is 7.78. The number of carbonyl (C=O) groups excluding carboxylic acids is 1. The minimum absolute atomic E-state index is 0.166. The first-order valence-corrected chi connectivity index (χ1v) is 8.70. The summed E-state index contributed by atoms with van der Waals surface area (Å²) in [5, 5.41) is 2.54. The summed E-state index contributed by atoms with van der Waals surface area (Å²) < 4.78 is 21.4. The van der Waals surface area contributed by atoms with Crippen molar-refractivity contribution in [2.45, 2.75) is 44.2 Å². The van der Waals surface area contributed by atoms with E-state index in [1.54, 1.807) is 6.08 Å². The molecule has 1 aromatic carbocycles. The lowest BCUT2D eigenvalue weighted by atomic mass is 10.0. The lowest BCUT2D eigenvalue weighted by Crippen LogP contribution is -2.31. The van der Waals surface area contributed by atoms with Gasteiger partial charge < -0.3 is 9.30 Å². The van der Waals surface area contributed by atoms with Gasteiger partial charge in [0, 0.05) is 6.08 Å². The number of nitrogens with zero attached hydrogens (tertiary/aromatic N) is 2.